The zero-order valence-corrected chi connectivity index (χ0v) is 21.1. The van der Waals surface area contributed by atoms with Crippen LogP contribution in [0, 0.1) is 0 Å². The Morgan fingerprint density at radius 2 is 1.95 bits per heavy atom. The Morgan fingerprint density at radius 3 is 2.66 bits per heavy atom. The first-order chi connectivity index (χ1) is 18.1. The van der Waals surface area contributed by atoms with E-state index in [1.807, 2.05) is 0 Å². The van der Waals surface area contributed by atoms with Crippen LogP contribution < -0.4 is 20.7 Å². The second-order valence-corrected chi connectivity index (χ2v) is 10.1. The number of methoxy groups -OCH3 is 1. The van der Waals surface area contributed by atoms with Crippen LogP contribution in [0.1, 0.15) is 45.5 Å². The van der Waals surface area contributed by atoms with Crippen LogP contribution in [0.15, 0.2) is 36.4 Å². The molecule has 1 saturated heterocycles. The van der Waals surface area contributed by atoms with Crippen LogP contribution in [-0.2, 0) is 15.1 Å². The lowest BCUT2D eigenvalue weighted by Gasteiger charge is -2.27. The van der Waals surface area contributed by atoms with Gasteiger partial charge in [-0.05, 0) is 49.7 Å². The van der Waals surface area contributed by atoms with Crippen molar-refractivity contribution < 1.29 is 33.1 Å². The number of carbonyl (C=O) groups is 5. The number of imide groups is 2. The van der Waals surface area contributed by atoms with Crippen molar-refractivity contribution in [3.05, 3.63) is 52.5 Å². The van der Waals surface area contributed by atoms with Gasteiger partial charge in [-0.2, -0.15) is 0 Å². The van der Waals surface area contributed by atoms with Crippen LogP contribution in [-0.4, -0.2) is 59.4 Å². The summed E-state index contributed by atoms with van der Waals surface area (Å²) in [5.41, 5.74) is -0.542. The molecule has 3 N–H and O–H groups in total. The van der Waals surface area contributed by atoms with E-state index in [2.05, 4.69) is 20.9 Å². The summed E-state index contributed by atoms with van der Waals surface area (Å²) in [7, 11) is 1.54. The van der Waals surface area contributed by atoms with E-state index in [-0.39, 0.29) is 29.7 Å². The normalized spacial score (nSPS) is 18.7. The number of nitrogens with one attached hydrogen (secondary N) is 3. The van der Waals surface area contributed by atoms with Gasteiger partial charge in [0.25, 0.3) is 11.8 Å². The third-order valence-corrected chi connectivity index (χ3v) is 7.70. The second-order valence-electron chi connectivity index (χ2n) is 9.11. The number of anilines is 1. The van der Waals surface area contributed by atoms with Crippen LogP contribution in [0.5, 0.6) is 5.75 Å². The summed E-state index contributed by atoms with van der Waals surface area (Å²) in [6.45, 7) is 0.569. The molecule has 3 aromatic rings. The molecule has 0 radical (unpaired) electrons. The number of halogens is 1. The quantitative estimate of drug-likeness (QED) is 0.408. The number of amides is 6. The molecule has 0 aliphatic carbocycles. The summed E-state index contributed by atoms with van der Waals surface area (Å²) in [6.07, 6.45) is 0.0380. The first kappa shape index (κ1) is 25.3. The summed E-state index contributed by atoms with van der Waals surface area (Å²) in [5.74, 6) is -1.92. The summed E-state index contributed by atoms with van der Waals surface area (Å²) in [5, 5.41) is 7.65. The fraction of sp³-hybridized carbons (Fsp3) is 0.280. The van der Waals surface area contributed by atoms with Crippen molar-refractivity contribution in [1.82, 2.24) is 20.5 Å². The Labute approximate surface area is 219 Å². The third-order valence-electron chi connectivity index (χ3n) is 6.42. The standard InChI is InChI=1S/C25H22FN5O6S/c1-25(11-26,23-28-16-6-4-13(37-2)10-18(16)38-23)30-24(36)27-12-3-5-14-15(9-12)22(35)31(21(14)34)17-7-8-19(32)29-20(17)33/h3-6,9-10,17H,7-8,11H2,1-2H3,(H2,27,30,36)(H,29,32,33). The number of hydrogen-bond acceptors (Lipinski definition) is 8. The maximum atomic E-state index is 14.2. The number of alkyl halides is 1. The Kier molecular flexibility index (Phi) is 6.31. The van der Waals surface area contributed by atoms with E-state index in [9.17, 15) is 28.4 Å². The van der Waals surface area contributed by atoms with Gasteiger partial charge in [0.2, 0.25) is 11.8 Å². The molecule has 2 unspecified atom stereocenters. The number of carbonyl (C=O) groups excluding carboxylic acids is 5. The number of piperidine rings is 1. The van der Waals surface area contributed by atoms with Crippen LogP contribution in [0.4, 0.5) is 14.9 Å². The maximum absolute atomic E-state index is 14.2. The summed E-state index contributed by atoms with van der Waals surface area (Å²) in [4.78, 5) is 67.7. The minimum Gasteiger partial charge on any atom is -0.497 e. The van der Waals surface area contributed by atoms with Gasteiger partial charge in [0.05, 0.1) is 28.5 Å². The van der Waals surface area contributed by atoms with Crippen LogP contribution >= 0.6 is 11.3 Å². The van der Waals surface area contributed by atoms with Gasteiger partial charge in [0.1, 0.15) is 29.0 Å². The highest BCUT2D eigenvalue weighted by molar-refractivity contribution is 7.18. The summed E-state index contributed by atoms with van der Waals surface area (Å²) < 4.78 is 20.2. The Balaban J connectivity index is 1.33. The molecule has 2 aromatic carbocycles. The van der Waals surface area contributed by atoms with Gasteiger partial charge in [-0.1, -0.05) is 0 Å². The topological polar surface area (TPSA) is 147 Å². The van der Waals surface area contributed by atoms with E-state index >= 15 is 0 Å². The minimum atomic E-state index is -1.44. The lowest BCUT2D eigenvalue weighted by atomic mass is 10.0. The van der Waals surface area contributed by atoms with Gasteiger partial charge < -0.3 is 15.4 Å². The molecule has 2 aliphatic rings. The molecule has 6 amide bonds. The Bertz CT molecular complexity index is 1520. The molecule has 11 nitrogen and oxygen atoms in total. The van der Waals surface area contributed by atoms with Gasteiger partial charge in [-0.3, -0.25) is 29.4 Å². The Morgan fingerprint density at radius 1 is 1.18 bits per heavy atom. The van der Waals surface area contributed by atoms with E-state index in [1.165, 1.54) is 43.6 Å². The lowest BCUT2D eigenvalue weighted by molar-refractivity contribution is -0.136. The number of nitrogens with zero attached hydrogens (tertiary/aromatic N) is 2. The minimum absolute atomic E-state index is 0.00544. The molecule has 2 aliphatic heterocycles. The fourth-order valence-electron chi connectivity index (χ4n) is 4.37. The van der Waals surface area contributed by atoms with E-state index in [0.29, 0.717) is 16.3 Å². The van der Waals surface area contributed by atoms with E-state index in [4.69, 9.17) is 4.74 Å². The SMILES string of the molecule is COc1ccc2nc(C(C)(CF)NC(=O)Nc3ccc4c(c3)C(=O)N(C3CCC(=O)NC3=O)C4=O)sc2c1. The number of rotatable bonds is 6. The van der Waals surface area contributed by atoms with Crippen molar-refractivity contribution in [2.45, 2.75) is 31.3 Å². The molecule has 196 valence electrons. The Hall–Kier alpha value is -4.39. The first-order valence-electron chi connectivity index (χ1n) is 11.6. The zero-order valence-electron chi connectivity index (χ0n) is 20.3. The molecule has 0 bridgehead atoms. The molecule has 2 atom stereocenters. The summed E-state index contributed by atoms with van der Waals surface area (Å²) >= 11 is 1.22. The molecule has 38 heavy (non-hydrogen) atoms. The summed E-state index contributed by atoms with van der Waals surface area (Å²) in [6, 6.07) is 7.52. The average molecular weight is 540 g/mol. The number of benzene rings is 2. The third kappa shape index (κ3) is 4.34. The molecular formula is C25H22FN5O6S. The van der Waals surface area contributed by atoms with Crippen LogP contribution in [0.3, 0.4) is 0 Å². The molecular weight excluding hydrogens is 517 g/mol. The highest BCUT2D eigenvalue weighted by Crippen LogP contribution is 2.33. The number of aromatic nitrogens is 1. The van der Waals surface area contributed by atoms with Gasteiger partial charge >= 0.3 is 6.03 Å². The first-order valence-corrected chi connectivity index (χ1v) is 12.4. The lowest BCUT2D eigenvalue weighted by Crippen LogP contribution is -2.54. The van der Waals surface area contributed by atoms with Crippen molar-refractivity contribution >= 4 is 56.9 Å². The zero-order chi connectivity index (χ0) is 27.2. The molecule has 13 heteroatoms. The maximum Gasteiger partial charge on any atom is 0.320 e. The number of urea groups is 1. The predicted octanol–water partition coefficient (Wildman–Crippen LogP) is 2.71. The van der Waals surface area contributed by atoms with Crippen molar-refractivity contribution in [1.29, 1.82) is 0 Å². The van der Waals surface area contributed by atoms with E-state index < -0.39 is 47.9 Å². The van der Waals surface area contributed by atoms with Crippen molar-refractivity contribution in [2.75, 3.05) is 19.1 Å². The molecule has 0 spiro atoms. The van der Waals surface area contributed by atoms with Crippen molar-refractivity contribution in [3.8, 4) is 5.75 Å². The fourth-order valence-corrected chi connectivity index (χ4v) is 5.45. The monoisotopic (exact) mass is 539 g/mol. The van der Waals surface area contributed by atoms with Gasteiger partial charge in [0.15, 0.2) is 0 Å². The van der Waals surface area contributed by atoms with E-state index in [1.54, 1.807) is 18.2 Å². The van der Waals surface area contributed by atoms with Crippen molar-refractivity contribution in [3.63, 3.8) is 0 Å². The highest BCUT2D eigenvalue weighted by atomic mass is 32.1. The number of hydrogen-bond donors (Lipinski definition) is 3. The smallest absolute Gasteiger partial charge is 0.320 e. The molecule has 1 fully saturated rings. The van der Waals surface area contributed by atoms with Crippen LogP contribution in [0.25, 0.3) is 10.2 Å². The van der Waals surface area contributed by atoms with Gasteiger partial charge in [0, 0.05) is 12.1 Å². The molecule has 1 aromatic heterocycles. The second kappa shape index (κ2) is 9.49. The molecule has 0 saturated carbocycles. The van der Waals surface area contributed by atoms with Crippen LogP contribution in [0.2, 0.25) is 0 Å². The number of thiazole rings is 1. The van der Waals surface area contributed by atoms with Gasteiger partial charge in [-0.15, -0.1) is 11.3 Å². The molecule has 5 rings (SSSR count). The van der Waals surface area contributed by atoms with Gasteiger partial charge in [-0.25, -0.2) is 14.2 Å². The molecule has 3 heterocycles. The number of ether oxygens (including phenoxy) is 1. The van der Waals surface area contributed by atoms with Crippen molar-refractivity contribution in [2.24, 2.45) is 0 Å². The average Bonchev–Trinajstić information content (AvgIpc) is 3.43. The highest BCUT2D eigenvalue weighted by Gasteiger charge is 2.44. The predicted molar refractivity (Wildman–Crippen MR) is 135 cm³/mol. The largest absolute Gasteiger partial charge is 0.497 e. The number of fused-ring (bicyclic) bond motifs is 2. The van der Waals surface area contributed by atoms with E-state index in [0.717, 1.165) is 9.60 Å².